The summed E-state index contributed by atoms with van der Waals surface area (Å²) in [7, 11) is 0. The Kier molecular flexibility index (Phi) is 5.91. The number of hydrogen-bond acceptors (Lipinski definition) is 0. The molecule has 0 aliphatic carbocycles. The first-order valence-electron chi connectivity index (χ1n) is 16.5. The molecule has 2 nitrogen and oxygen atoms in total. The van der Waals surface area contributed by atoms with Crippen molar-refractivity contribution in [3.05, 3.63) is 182 Å². The molecule has 0 fully saturated rings. The Labute approximate surface area is 278 Å². The Bertz CT molecular complexity index is 2800. The minimum Gasteiger partial charge on any atom is -0.309 e. The molecule has 2 heteroatoms. The summed E-state index contributed by atoms with van der Waals surface area (Å²) in [4.78, 5) is 0. The normalized spacial score (nSPS) is 11.8. The van der Waals surface area contributed by atoms with Crippen LogP contribution in [0.1, 0.15) is 0 Å². The monoisotopic (exact) mass is 610 g/mol. The molecule has 8 aromatic carbocycles. The van der Waals surface area contributed by atoms with Crippen molar-refractivity contribution < 1.29 is 0 Å². The summed E-state index contributed by atoms with van der Waals surface area (Å²) < 4.78 is 4.86. The molecule has 0 aliphatic heterocycles. The highest BCUT2D eigenvalue weighted by atomic mass is 15.0. The lowest BCUT2D eigenvalue weighted by Crippen LogP contribution is -1.95. The van der Waals surface area contributed by atoms with Gasteiger partial charge in [0.1, 0.15) is 0 Å². The Morgan fingerprint density at radius 2 is 0.812 bits per heavy atom. The van der Waals surface area contributed by atoms with Crippen molar-refractivity contribution in [1.82, 2.24) is 9.13 Å². The zero-order valence-corrected chi connectivity index (χ0v) is 26.2. The van der Waals surface area contributed by atoms with E-state index in [9.17, 15) is 0 Å². The second-order valence-electron chi connectivity index (χ2n) is 12.6. The second kappa shape index (κ2) is 10.6. The molecule has 10 aromatic rings. The predicted molar refractivity (Wildman–Crippen MR) is 203 cm³/mol. The van der Waals surface area contributed by atoms with E-state index >= 15 is 0 Å². The molecular formula is C46H30N2. The van der Waals surface area contributed by atoms with Crippen LogP contribution >= 0.6 is 0 Å². The van der Waals surface area contributed by atoms with Crippen molar-refractivity contribution in [2.75, 3.05) is 0 Å². The van der Waals surface area contributed by atoms with Gasteiger partial charge in [-0.25, -0.2) is 0 Å². The van der Waals surface area contributed by atoms with Gasteiger partial charge in [-0.3, -0.25) is 0 Å². The van der Waals surface area contributed by atoms with E-state index in [1.807, 2.05) is 0 Å². The average molecular weight is 611 g/mol. The van der Waals surface area contributed by atoms with Gasteiger partial charge in [-0.2, -0.15) is 0 Å². The van der Waals surface area contributed by atoms with Crippen LogP contribution in [0.4, 0.5) is 0 Å². The number of hydrogen-bond donors (Lipinski definition) is 0. The highest BCUT2D eigenvalue weighted by Crippen LogP contribution is 2.42. The average Bonchev–Trinajstić information content (AvgIpc) is 3.68. The third-order valence-corrected chi connectivity index (χ3v) is 9.89. The lowest BCUT2D eigenvalue weighted by Gasteiger charge is -2.11. The van der Waals surface area contributed by atoms with Crippen molar-refractivity contribution in [3.8, 4) is 33.6 Å². The third-order valence-electron chi connectivity index (χ3n) is 9.89. The molecule has 0 radical (unpaired) electrons. The minimum atomic E-state index is 1.15. The Morgan fingerprint density at radius 1 is 0.292 bits per heavy atom. The molecule has 0 spiro atoms. The van der Waals surface area contributed by atoms with Gasteiger partial charge < -0.3 is 9.13 Å². The topological polar surface area (TPSA) is 9.86 Å². The highest BCUT2D eigenvalue weighted by molar-refractivity contribution is 6.26. The van der Waals surface area contributed by atoms with E-state index in [4.69, 9.17) is 0 Å². The molecule has 0 bridgehead atoms. The molecule has 2 heterocycles. The number of aromatic nitrogens is 2. The van der Waals surface area contributed by atoms with E-state index in [-0.39, 0.29) is 0 Å². The molecular weight excluding hydrogens is 581 g/mol. The summed E-state index contributed by atoms with van der Waals surface area (Å²) in [5.74, 6) is 0. The maximum absolute atomic E-state index is 2.46. The maximum Gasteiger partial charge on any atom is 0.0641 e. The van der Waals surface area contributed by atoms with E-state index in [0.29, 0.717) is 0 Å². The van der Waals surface area contributed by atoms with Gasteiger partial charge in [-0.1, -0.05) is 127 Å². The van der Waals surface area contributed by atoms with Crippen LogP contribution in [0.15, 0.2) is 182 Å². The molecule has 0 aliphatic rings. The van der Waals surface area contributed by atoms with Gasteiger partial charge in [0.05, 0.1) is 22.1 Å². The number of para-hydroxylation sites is 3. The van der Waals surface area contributed by atoms with Crippen LogP contribution in [0.5, 0.6) is 0 Å². The largest absolute Gasteiger partial charge is 0.309 e. The number of fused-ring (bicyclic) bond motifs is 8. The van der Waals surface area contributed by atoms with Crippen LogP contribution in [0, 0.1) is 0 Å². The summed E-state index contributed by atoms with van der Waals surface area (Å²) in [6.45, 7) is 0. The first-order valence-corrected chi connectivity index (χ1v) is 16.5. The molecule has 48 heavy (non-hydrogen) atoms. The van der Waals surface area contributed by atoms with Crippen molar-refractivity contribution in [2.24, 2.45) is 0 Å². The first kappa shape index (κ1) is 26.8. The van der Waals surface area contributed by atoms with Crippen LogP contribution in [0.3, 0.4) is 0 Å². The number of rotatable bonds is 4. The van der Waals surface area contributed by atoms with E-state index in [1.54, 1.807) is 0 Å². The van der Waals surface area contributed by atoms with E-state index in [2.05, 4.69) is 191 Å². The fourth-order valence-corrected chi connectivity index (χ4v) is 7.67. The number of benzene rings is 8. The smallest absolute Gasteiger partial charge is 0.0641 e. The Balaban J connectivity index is 1.15. The van der Waals surface area contributed by atoms with Crippen molar-refractivity contribution in [1.29, 1.82) is 0 Å². The molecule has 10 rings (SSSR count). The molecule has 0 unspecified atom stereocenters. The van der Waals surface area contributed by atoms with Crippen molar-refractivity contribution in [3.63, 3.8) is 0 Å². The van der Waals surface area contributed by atoms with E-state index in [1.165, 1.54) is 82.3 Å². The molecule has 0 saturated heterocycles. The summed E-state index contributed by atoms with van der Waals surface area (Å²) >= 11 is 0. The van der Waals surface area contributed by atoms with Gasteiger partial charge in [0.2, 0.25) is 0 Å². The van der Waals surface area contributed by atoms with E-state index < -0.39 is 0 Å². The quantitative estimate of drug-likeness (QED) is 0.188. The zero-order valence-electron chi connectivity index (χ0n) is 26.2. The highest BCUT2D eigenvalue weighted by Gasteiger charge is 2.20. The minimum absolute atomic E-state index is 1.15. The predicted octanol–water partition coefficient (Wildman–Crippen LogP) is 12.4. The summed E-state index contributed by atoms with van der Waals surface area (Å²) in [5.41, 5.74) is 12.1. The lowest BCUT2D eigenvalue weighted by atomic mass is 9.97. The van der Waals surface area contributed by atoms with E-state index in [0.717, 1.165) is 5.69 Å². The molecule has 0 amide bonds. The summed E-state index contributed by atoms with van der Waals surface area (Å²) in [6, 6.07) is 66.1. The van der Waals surface area contributed by atoms with Gasteiger partial charge in [-0.15, -0.1) is 0 Å². The van der Waals surface area contributed by atoms with Crippen LogP contribution in [-0.2, 0) is 0 Å². The van der Waals surface area contributed by atoms with Gasteiger partial charge in [-0.05, 0) is 87.6 Å². The third kappa shape index (κ3) is 4.06. The van der Waals surface area contributed by atoms with Crippen LogP contribution in [0.2, 0.25) is 0 Å². The molecule has 2 aromatic heterocycles. The standard InChI is InChI=1S/C46H30N2/c1-3-11-31(12-4-1)33-19-21-36-30-34(20-22-35(36)29-33)32-23-25-38(26-24-32)48-42-17-9-7-15-39(42)40-27-28-44-45(46(40)48)41-16-8-10-18-43(41)47(44)37-13-5-2-6-14-37/h1-30H. The van der Waals surface area contributed by atoms with Gasteiger partial charge in [0.15, 0.2) is 0 Å². The zero-order chi connectivity index (χ0) is 31.6. The summed E-state index contributed by atoms with van der Waals surface area (Å²) in [6.07, 6.45) is 0. The molecule has 0 saturated carbocycles. The number of nitrogens with zero attached hydrogens (tertiary/aromatic N) is 2. The summed E-state index contributed by atoms with van der Waals surface area (Å²) in [5, 5.41) is 7.56. The fourth-order valence-electron chi connectivity index (χ4n) is 7.67. The van der Waals surface area contributed by atoms with Crippen molar-refractivity contribution in [2.45, 2.75) is 0 Å². The molecule has 224 valence electrons. The van der Waals surface area contributed by atoms with Crippen LogP contribution < -0.4 is 0 Å². The van der Waals surface area contributed by atoms with Crippen molar-refractivity contribution >= 4 is 54.4 Å². The first-order chi connectivity index (χ1) is 23.8. The van der Waals surface area contributed by atoms with Gasteiger partial charge in [0, 0.05) is 32.9 Å². The SMILES string of the molecule is c1ccc(-c2ccc3cc(-c4ccc(-n5c6ccccc6c6ccc7c(c8ccccc8n7-c7ccccc7)c65)cc4)ccc3c2)cc1. The maximum atomic E-state index is 2.46. The second-order valence-corrected chi connectivity index (χ2v) is 12.6. The molecule has 0 atom stereocenters. The fraction of sp³-hybridized carbons (Fsp3) is 0. The van der Waals surface area contributed by atoms with Crippen LogP contribution in [-0.4, -0.2) is 9.13 Å². The van der Waals surface area contributed by atoms with Crippen LogP contribution in [0.25, 0.3) is 88.0 Å². The Hall–Kier alpha value is -6.38. The van der Waals surface area contributed by atoms with Gasteiger partial charge >= 0.3 is 0 Å². The Morgan fingerprint density at radius 3 is 1.50 bits per heavy atom. The molecule has 0 N–H and O–H groups in total. The lowest BCUT2D eigenvalue weighted by molar-refractivity contribution is 1.17. The van der Waals surface area contributed by atoms with Gasteiger partial charge in [0.25, 0.3) is 0 Å².